The zero-order valence-corrected chi connectivity index (χ0v) is 19.9. The highest BCUT2D eigenvalue weighted by atomic mass is 127. The number of piperidine rings is 1. The molecule has 0 spiro atoms. The summed E-state index contributed by atoms with van der Waals surface area (Å²) >= 11 is 0. The van der Waals surface area contributed by atoms with E-state index in [-0.39, 0.29) is 36.6 Å². The van der Waals surface area contributed by atoms with Crippen molar-refractivity contribution in [3.05, 3.63) is 0 Å². The number of ether oxygens (including phenoxy) is 2. The molecule has 9 heteroatoms. The van der Waals surface area contributed by atoms with Gasteiger partial charge in [0, 0.05) is 46.2 Å². The standard InChI is InChI=1S/C17H35N3O4S.HI/c1-6-18-16(19-14-17(2,3)25(5,21)22)20-10-8-15(9-11-20)24-13-7-12-23-4;/h15H,6-14H2,1-5H3,(H,18,19);1H. The van der Waals surface area contributed by atoms with Crippen LogP contribution in [-0.2, 0) is 19.3 Å². The molecule has 0 amide bonds. The monoisotopic (exact) mass is 505 g/mol. The highest BCUT2D eigenvalue weighted by molar-refractivity contribution is 14.0. The fourth-order valence-electron chi connectivity index (χ4n) is 2.50. The van der Waals surface area contributed by atoms with Crippen molar-refractivity contribution in [1.82, 2.24) is 10.2 Å². The van der Waals surface area contributed by atoms with Crippen molar-refractivity contribution in [1.29, 1.82) is 0 Å². The minimum Gasteiger partial charge on any atom is -0.385 e. The summed E-state index contributed by atoms with van der Waals surface area (Å²) in [7, 11) is -1.45. The summed E-state index contributed by atoms with van der Waals surface area (Å²) in [5.74, 6) is 0.789. The Kier molecular flexibility index (Phi) is 12.3. The van der Waals surface area contributed by atoms with Crippen LogP contribution in [0.2, 0.25) is 0 Å². The molecule has 0 bridgehead atoms. The summed E-state index contributed by atoms with van der Waals surface area (Å²) in [6.07, 6.45) is 4.37. The quantitative estimate of drug-likeness (QED) is 0.223. The van der Waals surface area contributed by atoms with E-state index in [0.717, 1.165) is 58.1 Å². The van der Waals surface area contributed by atoms with Crippen molar-refractivity contribution in [2.45, 2.75) is 50.9 Å². The number of rotatable bonds is 9. The van der Waals surface area contributed by atoms with Gasteiger partial charge in [0.2, 0.25) is 0 Å². The Bertz CT molecular complexity index is 518. The molecule has 1 rings (SSSR count). The maximum Gasteiger partial charge on any atom is 0.193 e. The van der Waals surface area contributed by atoms with Gasteiger partial charge in [0.25, 0.3) is 0 Å². The molecule has 0 atom stereocenters. The van der Waals surface area contributed by atoms with Crippen LogP contribution in [-0.4, -0.2) is 82.9 Å². The molecule has 1 saturated heterocycles. The molecule has 0 unspecified atom stereocenters. The Labute approximate surface area is 176 Å². The number of likely N-dealkylation sites (tertiary alicyclic amines) is 1. The van der Waals surface area contributed by atoms with E-state index in [4.69, 9.17) is 9.47 Å². The number of nitrogens with one attached hydrogen (secondary N) is 1. The predicted octanol–water partition coefficient (Wildman–Crippen LogP) is 1.91. The Morgan fingerprint density at radius 1 is 1.27 bits per heavy atom. The van der Waals surface area contributed by atoms with Crippen molar-refractivity contribution < 1.29 is 17.9 Å². The van der Waals surface area contributed by atoms with E-state index in [1.165, 1.54) is 6.26 Å². The molecule has 0 aromatic rings. The van der Waals surface area contributed by atoms with Crippen molar-refractivity contribution in [3.8, 4) is 0 Å². The number of methoxy groups -OCH3 is 1. The van der Waals surface area contributed by atoms with Gasteiger partial charge in [-0.25, -0.2) is 8.42 Å². The van der Waals surface area contributed by atoms with E-state index in [1.54, 1.807) is 21.0 Å². The zero-order valence-electron chi connectivity index (χ0n) is 16.8. The lowest BCUT2D eigenvalue weighted by Gasteiger charge is -2.34. The van der Waals surface area contributed by atoms with Gasteiger partial charge >= 0.3 is 0 Å². The summed E-state index contributed by atoms with van der Waals surface area (Å²) < 4.78 is 33.8. The van der Waals surface area contributed by atoms with Crippen LogP contribution in [0.1, 0.15) is 40.0 Å². The fraction of sp³-hybridized carbons (Fsp3) is 0.941. The molecule has 1 fully saturated rings. The molecule has 0 saturated carbocycles. The first-order chi connectivity index (χ1) is 11.7. The second kappa shape index (κ2) is 12.4. The predicted molar refractivity (Wildman–Crippen MR) is 117 cm³/mol. The van der Waals surface area contributed by atoms with Gasteiger partial charge in [0.15, 0.2) is 15.8 Å². The van der Waals surface area contributed by atoms with Crippen LogP contribution in [0.25, 0.3) is 0 Å². The van der Waals surface area contributed by atoms with Crippen LogP contribution < -0.4 is 5.32 Å². The number of halogens is 1. The van der Waals surface area contributed by atoms with Crippen molar-refractivity contribution in [3.63, 3.8) is 0 Å². The van der Waals surface area contributed by atoms with Crippen LogP contribution in [0.3, 0.4) is 0 Å². The maximum atomic E-state index is 11.9. The number of nitrogens with zero attached hydrogens (tertiary/aromatic N) is 2. The van der Waals surface area contributed by atoms with E-state index in [1.807, 2.05) is 6.92 Å². The van der Waals surface area contributed by atoms with E-state index in [2.05, 4.69) is 15.2 Å². The number of hydrogen-bond donors (Lipinski definition) is 1. The molecular weight excluding hydrogens is 469 g/mol. The van der Waals surface area contributed by atoms with Crippen molar-refractivity contribution in [2.24, 2.45) is 4.99 Å². The van der Waals surface area contributed by atoms with Gasteiger partial charge in [0.1, 0.15) is 0 Å². The van der Waals surface area contributed by atoms with E-state index >= 15 is 0 Å². The third-order valence-electron chi connectivity index (χ3n) is 4.54. The summed E-state index contributed by atoms with van der Waals surface area (Å²) in [5, 5.41) is 3.27. The Hall–Kier alpha value is -0.130. The molecule has 0 aromatic heterocycles. The van der Waals surface area contributed by atoms with Crippen LogP contribution in [0.15, 0.2) is 4.99 Å². The van der Waals surface area contributed by atoms with Gasteiger partial charge in [0.05, 0.1) is 17.4 Å². The number of hydrogen-bond acceptors (Lipinski definition) is 5. The zero-order chi connectivity index (χ0) is 18.9. The second-order valence-electron chi connectivity index (χ2n) is 7.11. The van der Waals surface area contributed by atoms with Crippen molar-refractivity contribution in [2.75, 3.05) is 52.8 Å². The molecule has 0 aliphatic carbocycles. The Morgan fingerprint density at radius 3 is 2.38 bits per heavy atom. The number of sulfone groups is 1. The highest BCUT2D eigenvalue weighted by Gasteiger charge is 2.30. The molecule has 1 heterocycles. The lowest BCUT2D eigenvalue weighted by Crippen LogP contribution is -2.48. The largest absolute Gasteiger partial charge is 0.385 e. The average molecular weight is 505 g/mol. The Balaban J connectivity index is 0.00000625. The van der Waals surface area contributed by atoms with E-state index in [9.17, 15) is 8.42 Å². The van der Waals surface area contributed by atoms with Crippen LogP contribution in [0.5, 0.6) is 0 Å². The smallest absolute Gasteiger partial charge is 0.193 e. The van der Waals surface area contributed by atoms with Gasteiger partial charge in [-0.2, -0.15) is 0 Å². The van der Waals surface area contributed by atoms with Gasteiger partial charge in [-0.3, -0.25) is 4.99 Å². The maximum absolute atomic E-state index is 11.9. The van der Waals surface area contributed by atoms with Crippen LogP contribution >= 0.6 is 24.0 Å². The highest BCUT2D eigenvalue weighted by Crippen LogP contribution is 2.17. The molecule has 1 aliphatic rings. The summed E-state index contributed by atoms with van der Waals surface area (Å²) in [4.78, 5) is 6.77. The van der Waals surface area contributed by atoms with Crippen molar-refractivity contribution >= 4 is 39.8 Å². The lowest BCUT2D eigenvalue weighted by molar-refractivity contribution is 0.00990. The first kappa shape index (κ1) is 25.9. The van der Waals surface area contributed by atoms with Gasteiger partial charge in [-0.05, 0) is 40.0 Å². The second-order valence-corrected chi connectivity index (χ2v) is 9.76. The summed E-state index contributed by atoms with van der Waals surface area (Å²) in [6.45, 7) is 9.64. The molecule has 1 aliphatic heterocycles. The number of guanidine groups is 1. The summed E-state index contributed by atoms with van der Waals surface area (Å²) in [5.41, 5.74) is 0. The fourth-order valence-corrected chi connectivity index (χ4v) is 2.79. The van der Waals surface area contributed by atoms with Gasteiger partial charge in [-0.1, -0.05) is 0 Å². The lowest BCUT2D eigenvalue weighted by atomic mass is 10.1. The normalized spacial score (nSPS) is 17.1. The molecular formula is C17H36IN3O4S. The van der Waals surface area contributed by atoms with E-state index < -0.39 is 14.6 Å². The molecule has 1 N–H and O–H groups in total. The summed E-state index contributed by atoms with van der Waals surface area (Å²) in [6, 6.07) is 0. The Morgan fingerprint density at radius 2 is 1.88 bits per heavy atom. The third-order valence-corrected chi connectivity index (χ3v) is 6.67. The first-order valence-electron chi connectivity index (χ1n) is 9.04. The van der Waals surface area contributed by atoms with Crippen LogP contribution in [0.4, 0.5) is 0 Å². The molecule has 7 nitrogen and oxygen atoms in total. The minimum absolute atomic E-state index is 0. The topological polar surface area (TPSA) is 80.2 Å². The molecule has 0 radical (unpaired) electrons. The van der Waals surface area contributed by atoms with E-state index in [0.29, 0.717) is 0 Å². The average Bonchev–Trinajstić information content (AvgIpc) is 2.55. The van der Waals surface area contributed by atoms with Crippen LogP contribution in [0, 0.1) is 0 Å². The molecule has 26 heavy (non-hydrogen) atoms. The number of aliphatic imine (C=N–C) groups is 1. The molecule has 0 aromatic carbocycles. The van der Waals surface area contributed by atoms with Gasteiger partial charge < -0.3 is 19.7 Å². The third kappa shape index (κ3) is 8.71. The SMILES string of the molecule is CCNC(=NCC(C)(C)S(C)(=O)=O)N1CCC(OCCCOC)CC1.I. The first-order valence-corrected chi connectivity index (χ1v) is 10.9. The molecule has 156 valence electrons. The minimum atomic E-state index is -3.15. The van der Waals surface area contributed by atoms with Gasteiger partial charge in [-0.15, -0.1) is 24.0 Å².